The van der Waals surface area contributed by atoms with E-state index in [1.807, 2.05) is 19.2 Å². The first kappa shape index (κ1) is 22.7. The summed E-state index contributed by atoms with van der Waals surface area (Å²) >= 11 is 0. The number of nitrogens with zero attached hydrogens (tertiary/aromatic N) is 2. The number of allylic oxidation sites excluding steroid dienone is 1. The minimum absolute atomic E-state index is 0.169. The van der Waals surface area contributed by atoms with Crippen LogP contribution >= 0.6 is 0 Å². The summed E-state index contributed by atoms with van der Waals surface area (Å²) in [5.41, 5.74) is 13.1. The van der Waals surface area contributed by atoms with Gasteiger partial charge in [-0.25, -0.2) is 4.98 Å². The van der Waals surface area contributed by atoms with Gasteiger partial charge in [0.2, 0.25) is 5.71 Å². The lowest BCUT2D eigenvalue weighted by Crippen LogP contribution is -2.17. The van der Waals surface area contributed by atoms with E-state index in [0.717, 1.165) is 38.9 Å². The molecule has 0 unspecified atom stereocenters. The lowest BCUT2D eigenvalue weighted by atomic mass is 9.77. The van der Waals surface area contributed by atoms with Crippen LogP contribution in [0, 0.1) is 13.8 Å². The highest BCUT2D eigenvalue weighted by molar-refractivity contribution is 6.10. The molecule has 3 heteroatoms. The van der Waals surface area contributed by atoms with Crippen molar-refractivity contribution in [2.45, 2.75) is 33.1 Å². The van der Waals surface area contributed by atoms with Crippen molar-refractivity contribution < 1.29 is 4.42 Å². The molecule has 0 saturated heterocycles. The molecule has 1 aliphatic rings. The lowest BCUT2D eigenvalue weighted by molar-refractivity contribution is 0.653. The number of aryl methyl sites for hydroxylation is 2. The Balaban J connectivity index is 1.50. The van der Waals surface area contributed by atoms with Crippen LogP contribution < -0.4 is 0 Å². The van der Waals surface area contributed by atoms with Crippen LogP contribution in [0.15, 0.2) is 102 Å². The second-order valence-corrected chi connectivity index (χ2v) is 10.8. The normalized spacial score (nSPS) is 14.4. The number of fused-ring (bicyclic) bond motifs is 4. The highest BCUT2D eigenvalue weighted by Gasteiger charge is 2.39. The summed E-state index contributed by atoms with van der Waals surface area (Å²) in [6.45, 7) is 8.82. The molecule has 6 aromatic rings. The van der Waals surface area contributed by atoms with Gasteiger partial charge in [0.25, 0.3) is 0 Å². The van der Waals surface area contributed by atoms with Gasteiger partial charge >= 0.3 is 0 Å². The maximum atomic E-state index is 6.33. The molecule has 0 bridgehead atoms. The van der Waals surface area contributed by atoms with E-state index in [4.69, 9.17) is 9.40 Å². The number of hydrogen-bond donors (Lipinski definition) is 0. The summed E-state index contributed by atoms with van der Waals surface area (Å²) in [7, 11) is 0. The predicted molar refractivity (Wildman–Crippen MR) is 156 cm³/mol. The van der Waals surface area contributed by atoms with Gasteiger partial charge in [-0.1, -0.05) is 80.6 Å². The van der Waals surface area contributed by atoms with Gasteiger partial charge in [-0.3, -0.25) is 4.98 Å². The molecule has 0 amide bonds. The number of aromatic nitrogens is 2. The SMILES string of the molecule is Cc1ccc2c(n1)oc1c(-c3cc(C4=C(c5ccccc5)c5ccccc5C4(C)C)c(C)cn3)cccc12. The maximum absolute atomic E-state index is 6.33. The fourth-order valence-corrected chi connectivity index (χ4v) is 6.12. The topological polar surface area (TPSA) is 38.9 Å². The van der Waals surface area contributed by atoms with Gasteiger partial charge < -0.3 is 4.42 Å². The number of para-hydroxylation sites is 1. The van der Waals surface area contributed by atoms with E-state index in [-0.39, 0.29) is 5.41 Å². The molecule has 0 fully saturated rings. The molecule has 38 heavy (non-hydrogen) atoms. The van der Waals surface area contributed by atoms with Gasteiger partial charge in [0.05, 0.1) is 5.69 Å². The van der Waals surface area contributed by atoms with Crippen LogP contribution in [0.25, 0.3) is 44.5 Å². The fourth-order valence-electron chi connectivity index (χ4n) is 6.12. The molecule has 7 rings (SSSR count). The second kappa shape index (κ2) is 8.26. The quantitative estimate of drug-likeness (QED) is 0.248. The Morgan fingerprint density at radius 3 is 2.32 bits per heavy atom. The van der Waals surface area contributed by atoms with Crippen LogP contribution in [0.5, 0.6) is 0 Å². The van der Waals surface area contributed by atoms with Gasteiger partial charge in [-0.05, 0) is 77.1 Å². The standard InChI is InChI=1S/C35H28N2O/c1-21-20-36-30(27-15-10-14-24-25-18-17-22(2)37-34(25)38-33(24)27)19-28(21)32-31(23-11-6-5-7-12-23)26-13-8-9-16-29(26)35(32,3)4/h5-20H,1-4H3. The average Bonchev–Trinajstić information content (AvgIpc) is 3.41. The molecular formula is C35H28N2O. The van der Waals surface area contributed by atoms with Crippen molar-refractivity contribution in [1.82, 2.24) is 9.97 Å². The summed E-state index contributed by atoms with van der Waals surface area (Å²) in [4.78, 5) is 9.54. The first-order valence-corrected chi connectivity index (χ1v) is 13.1. The Labute approximate surface area is 222 Å². The van der Waals surface area contributed by atoms with Crippen LogP contribution in [-0.2, 0) is 5.41 Å². The number of benzene rings is 3. The molecule has 3 heterocycles. The van der Waals surface area contributed by atoms with E-state index in [1.165, 1.54) is 33.4 Å². The summed E-state index contributed by atoms with van der Waals surface area (Å²) in [5, 5.41) is 2.09. The van der Waals surface area contributed by atoms with E-state index in [0.29, 0.717) is 5.71 Å². The largest absolute Gasteiger partial charge is 0.437 e. The molecule has 0 radical (unpaired) electrons. The van der Waals surface area contributed by atoms with Gasteiger partial charge in [0.15, 0.2) is 0 Å². The minimum Gasteiger partial charge on any atom is -0.437 e. The summed E-state index contributed by atoms with van der Waals surface area (Å²) in [5.74, 6) is 0. The highest BCUT2D eigenvalue weighted by Crippen LogP contribution is 2.53. The van der Waals surface area contributed by atoms with E-state index >= 15 is 0 Å². The van der Waals surface area contributed by atoms with Crippen molar-refractivity contribution in [1.29, 1.82) is 0 Å². The van der Waals surface area contributed by atoms with E-state index in [2.05, 4.69) is 111 Å². The molecule has 3 nitrogen and oxygen atoms in total. The predicted octanol–water partition coefficient (Wildman–Crippen LogP) is 8.91. The first-order valence-electron chi connectivity index (χ1n) is 13.1. The molecule has 3 aromatic carbocycles. The van der Waals surface area contributed by atoms with E-state index in [9.17, 15) is 0 Å². The van der Waals surface area contributed by atoms with Crippen molar-refractivity contribution in [2.24, 2.45) is 0 Å². The van der Waals surface area contributed by atoms with Crippen LogP contribution in [0.1, 0.15) is 47.4 Å². The third-order valence-electron chi connectivity index (χ3n) is 7.96. The Bertz CT molecular complexity index is 1910. The van der Waals surface area contributed by atoms with E-state index in [1.54, 1.807) is 0 Å². The zero-order chi connectivity index (χ0) is 26.0. The van der Waals surface area contributed by atoms with Crippen LogP contribution in [0.3, 0.4) is 0 Å². The van der Waals surface area contributed by atoms with Crippen molar-refractivity contribution in [2.75, 3.05) is 0 Å². The number of pyridine rings is 2. The fraction of sp³-hybridized carbons (Fsp3) is 0.143. The molecule has 0 spiro atoms. The monoisotopic (exact) mass is 492 g/mol. The molecule has 0 aliphatic heterocycles. The zero-order valence-electron chi connectivity index (χ0n) is 22.0. The number of furan rings is 1. The van der Waals surface area contributed by atoms with Crippen LogP contribution in [0.4, 0.5) is 0 Å². The van der Waals surface area contributed by atoms with Crippen molar-refractivity contribution >= 4 is 33.2 Å². The molecular weight excluding hydrogens is 464 g/mol. The van der Waals surface area contributed by atoms with Crippen molar-refractivity contribution in [3.05, 3.63) is 131 Å². The van der Waals surface area contributed by atoms with Crippen molar-refractivity contribution in [3.8, 4) is 11.3 Å². The molecule has 3 aromatic heterocycles. The van der Waals surface area contributed by atoms with Gasteiger partial charge in [-0.2, -0.15) is 0 Å². The summed E-state index contributed by atoms with van der Waals surface area (Å²) in [6, 6.07) is 32.2. The zero-order valence-corrected chi connectivity index (χ0v) is 22.0. The first-order chi connectivity index (χ1) is 18.4. The third kappa shape index (κ3) is 3.28. The average molecular weight is 493 g/mol. The Kier molecular flexibility index (Phi) is 4.93. The van der Waals surface area contributed by atoms with Crippen molar-refractivity contribution in [3.63, 3.8) is 0 Å². The Hall–Kier alpha value is -4.50. The Morgan fingerprint density at radius 1 is 0.711 bits per heavy atom. The highest BCUT2D eigenvalue weighted by atomic mass is 16.3. The molecule has 0 N–H and O–H groups in total. The van der Waals surface area contributed by atoms with Gasteiger partial charge in [0, 0.05) is 33.6 Å². The molecule has 0 atom stereocenters. The Morgan fingerprint density at radius 2 is 1.47 bits per heavy atom. The van der Waals surface area contributed by atoms with E-state index < -0.39 is 0 Å². The summed E-state index contributed by atoms with van der Waals surface area (Å²) in [6.07, 6.45) is 2.00. The number of rotatable bonds is 3. The second-order valence-electron chi connectivity index (χ2n) is 10.8. The summed E-state index contributed by atoms with van der Waals surface area (Å²) < 4.78 is 6.33. The minimum atomic E-state index is -0.169. The lowest BCUT2D eigenvalue weighted by Gasteiger charge is -2.27. The molecule has 0 saturated carbocycles. The van der Waals surface area contributed by atoms with Gasteiger partial charge in [0.1, 0.15) is 5.58 Å². The van der Waals surface area contributed by atoms with Crippen LogP contribution in [0.2, 0.25) is 0 Å². The molecule has 184 valence electrons. The number of hydrogen-bond acceptors (Lipinski definition) is 3. The maximum Gasteiger partial charge on any atom is 0.227 e. The van der Waals surface area contributed by atoms with Crippen LogP contribution in [-0.4, -0.2) is 9.97 Å². The third-order valence-corrected chi connectivity index (χ3v) is 7.96. The van der Waals surface area contributed by atoms with Gasteiger partial charge in [-0.15, -0.1) is 0 Å². The molecule has 1 aliphatic carbocycles. The smallest absolute Gasteiger partial charge is 0.227 e.